The van der Waals surface area contributed by atoms with Crippen LogP contribution >= 0.6 is 0 Å². The summed E-state index contributed by atoms with van der Waals surface area (Å²) in [4.78, 5) is 29.7. The van der Waals surface area contributed by atoms with Crippen molar-refractivity contribution in [2.45, 2.75) is 129 Å². The lowest BCUT2D eigenvalue weighted by Crippen LogP contribution is -2.54. The number of epoxide rings is 1. The summed E-state index contributed by atoms with van der Waals surface area (Å²) in [6.45, 7) is 20.6. The first-order chi connectivity index (χ1) is 23.5. The van der Waals surface area contributed by atoms with E-state index in [4.69, 9.17) is 18.9 Å². The van der Waals surface area contributed by atoms with Gasteiger partial charge >= 0.3 is 11.9 Å². The third kappa shape index (κ3) is 12.5. The van der Waals surface area contributed by atoms with E-state index < -0.39 is 29.4 Å². The molecule has 0 radical (unpaired) electrons. The highest BCUT2D eigenvalue weighted by Gasteiger charge is 2.54. The lowest BCUT2D eigenvalue weighted by atomic mass is 9.86. The second-order valence-electron chi connectivity index (χ2n) is 15.6. The van der Waals surface area contributed by atoms with Gasteiger partial charge in [-0.1, -0.05) is 52.0 Å². The van der Waals surface area contributed by atoms with Gasteiger partial charge in [0.2, 0.25) is 0 Å². The highest BCUT2D eigenvalue weighted by atomic mass is 16.6. The van der Waals surface area contributed by atoms with E-state index in [2.05, 4.69) is 36.0 Å². The third-order valence-corrected chi connectivity index (χ3v) is 10.8. The molecule has 0 aromatic rings. The van der Waals surface area contributed by atoms with Gasteiger partial charge < -0.3 is 39.4 Å². The first-order valence-corrected chi connectivity index (χ1v) is 18.7. The average Bonchev–Trinajstić information content (AvgIpc) is 3.83. The fraction of sp³-hybridized carbons (Fsp3) is 0.795. The van der Waals surface area contributed by atoms with Gasteiger partial charge in [-0.15, -0.1) is 0 Å². The number of likely N-dealkylation sites (N-methyl/N-ethyl adjacent to an activating group) is 1. The molecule has 286 valence electrons. The second kappa shape index (κ2) is 19.1. The zero-order valence-corrected chi connectivity index (χ0v) is 32.4. The van der Waals surface area contributed by atoms with E-state index in [0.717, 1.165) is 51.3 Å². The van der Waals surface area contributed by atoms with E-state index >= 15 is 0 Å². The summed E-state index contributed by atoms with van der Waals surface area (Å²) in [5.74, 6) is -0.918. The smallest absolute Gasteiger partial charge is 0.306 e. The standard InChI is InChI=1S/C39H67N3O8/c1-11-31(47-10)29(5)35-36(50-35)37(40-19-20-42-23-21-41(9)22-24-42)39(8,46)17-12-13-27(3)34-28(4)14-15-32(48-30(6)43)38(7,45)18-16-26(2)25-33(44)49-34/h12-15,17,26,28-29,31-32,34-37,40,45-46H,11,16,18-25H2,1-10H3/t26-,28+,29-,31+,32+,34?,35-,36+,37?,38-,39?/m1/s1. The van der Waals surface area contributed by atoms with Crippen LogP contribution in [0.4, 0.5) is 0 Å². The summed E-state index contributed by atoms with van der Waals surface area (Å²) in [5.41, 5.74) is -1.74. The minimum Gasteiger partial charge on any atom is -0.457 e. The third-order valence-electron chi connectivity index (χ3n) is 10.8. The fourth-order valence-corrected chi connectivity index (χ4v) is 7.29. The number of piperazine rings is 1. The quantitative estimate of drug-likeness (QED) is 0.105. The molecule has 0 aliphatic carbocycles. The van der Waals surface area contributed by atoms with Gasteiger partial charge in [-0.2, -0.15) is 0 Å². The van der Waals surface area contributed by atoms with E-state index in [0.29, 0.717) is 12.8 Å². The number of hydrogen-bond acceptors (Lipinski definition) is 11. The predicted molar refractivity (Wildman–Crippen MR) is 196 cm³/mol. The number of carbonyl (C=O) groups is 2. The van der Waals surface area contributed by atoms with Crippen LogP contribution in [0.3, 0.4) is 0 Å². The summed E-state index contributed by atoms with van der Waals surface area (Å²) >= 11 is 0. The van der Waals surface area contributed by atoms with E-state index in [-0.39, 0.29) is 54.5 Å². The van der Waals surface area contributed by atoms with Crippen molar-refractivity contribution in [1.82, 2.24) is 15.1 Å². The van der Waals surface area contributed by atoms with Crippen molar-refractivity contribution < 1.29 is 38.7 Å². The Morgan fingerprint density at radius 1 is 1.20 bits per heavy atom. The molecule has 2 saturated heterocycles. The van der Waals surface area contributed by atoms with Gasteiger partial charge in [-0.3, -0.25) is 14.5 Å². The van der Waals surface area contributed by atoms with Crippen molar-refractivity contribution >= 4 is 11.9 Å². The molecule has 0 spiro atoms. The van der Waals surface area contributed by atoms with Crippen molar-refractivity contribution in [3.05, 3.63) is 36.0 Å². The molecule has 11 nitrogen and oxygen atoms in total. The van der Waals surface area contributed by atoms with Gasteiger partial charge in [0.25, 0.3) is 0 Å². The van der Waals surface area contributed by atoms with E-state index in [1.165, 1.54) is 6.92 Å². The number of rotatable bonds is 14. The van der Waals surface area contributed by atoms with Gasteiger partial charge in [0.1, 0.15) is 23.9 Å². The predicted octanol–water partition coefficient (Wildman–Crippen LogP) is 3.88. The highest BCUT2D eigenvalue weighted by Crippen LogP contribution is 2.39. The number of aliphatic hydroxyl groups is 2. The van der Waals surface area contributed by atoms with Crippen LogP contribution in [0.1, 0.15) is 81.1 Å². The number of nitrogens with one attached hydrogen (secondary N) is 1. The number of nitrogens with zero attached hydrogens (tertiary/aromatic N) is 2. The molecule has 0 amide bonds. The first-order valence-electron chi connectivity index (χ1n) is 18.7. The molecule has 2 fully saturated rings. The van der Waals surface area contributed by atoms with E-state index in [1.807, 2.05) is 39.0 Å². The SMILES string of the molecule is CC[C@H](OC)[C@@H](C)[C@H]1O[C@@H]1C(NCCN1CCN(C)CC1)C(C)(O)C=CC=C(C)C1OC(=O)C[C@H](C)CC[C@@](C)(O)[C@@H](OC(C)=O)C=C[C@@H]1C. The molecule has 50 heavy (non-hydrogen) atoms. The zero-order chi connectivity index (χ0) is 37.2. The topological polar surface area (TPSA) is 133 Å². The summed E-state index contributed by atoms with van der Waals surface area (Å²) in [7, 11) is 3.89. The molecular weight excluding hydrogens is 638 g/mol. The van der Waals surface area contributed by atoms with Gasteiger partial charge in [-0.25, -0.2) is 0 Å². The molecule has 11 atom stereocenters. The van der Waals surface area contributed by atoms with Gasteiger partial charge in [0.05, 0.1) is 23.9 Å². The number of ether oxygens (including phenoxy) is 4. The fourth-order valence-electron chi connectivity index (χ4n) is 7.29. The Hall–Kier alpha value is -2.12. The van der Waals surface area contributed by atoms with Crippen LogP contribution in [0.15, 0.2) is 36.0 Å². The molecule has 0 aromatic carbocycles. The Balaban J connectivity index is 1.81. The molecule has 0 saturated carbocycles. The monoisotopic (exact) mass is 705 g/mol. The molecule has 3 N–H and O–H groups in total. The van der Waals surface area contributed by atoms with Gasteiger partial charge in [0.15, 0.2) is 0 Å². The van der Waals surface area contributed by atoms with Crippen LogP contribution in [0, 0.1) is 17.8 Å². The molecule has 3 unspecified atom stereocenters. The van der Waals surface area contributed by atoms with Crippen molar-refractivity contribution in [2.75, 3.05) is 53.4 Å². The number of esters is 2. The zero-order valence-electron chi connectivity index (χ0n) is 32.4. The van der Waals surface area contributed by atoms with Crippen molar-refractivity contribution in [3.8, 4) is 0 Å². The Morgan fingerprint density at radius 3 is 2.50 bits per heavy atom. The molecule has 3 aliphatic rings. The molecule has 0 aromatic heterocycles. The maximum absolute atomic E-state index is 13.1. The second-order valence-corrected chi connectivity index (χ2v) is 15.6. The number of cyclic esters (lactones) is 1. The molecule has 3 heterocycles. The van der Waals surface area contributed by atoms with Crippen LogP contribution in [0.2, 0.25) is 0 Å². The average molecular weight is 706 g/mol. The Morgan fingerprint density at radius 2 is 1.88 bits per heavy atom. The van der Waals surface area contributed by atoms with Crippen LogP contribution in [-0.4, -0.2) is 133 Å². The van der Waals surface area contributed by atoms with Crippen molar-refractivity contribution in [3.63, 3.8) is 0 Å². The van der Waals surface area contributed by atoms with Crippen LogP contribution in [0.25, 0.3) is 0 Å². The van der Waals surface area contributed by atoms with Crippen molar-refractivity contribution in [2.24, 2.45) is 17.8 Å². The number of carbonyl (C=O) groups excluding carboxylic acids is 2. The molecule has 0 bridgehead atoms. The molecule has 11 heteroatoms. The summed E-state index contributed by atoms with van der Waals surface area (Å²) in [6.07, 6.45) is 9.49. The first kappa shape index (κ1) is 42.3. The summed E-state index contributed by atoms with van der Waals surface area (Å²) in [6, 6.07) is -0.352. The largest absolute Gasteiger partial charge is 0.457 e. The minimum absolute atomic E-state index is 0.0274. The minimum atomic E-state index is -1.29. The van der Waals surface area contributed by atoms with Crippen LogP contribution in [-0.2, 0) is 28.5 Å². The molecule has 3 aliphatic heterocycles. The Kier molecular flexibility index (Phi) is 16.2. The summed E-state index contributed by atoms with van der Waals surface area (Å²) < 4.78 is 23.5. The maximum atomic E-state index is 13.1. The molecular formula is C39H67N3O8. The Labute approximate surface area is 301 Å². The van der Waals surface area contributed by atoms with Crippen LogP contribution in [0.5, 0.6) is 0 Å². The summed E-state index contributed by atoms with van der Waals surface area (Å²) in [5, 5.41) is 26.8. The highest BCUT2D eigenvalue weighted by molar-refractivity contribution is 5.70. The number of hydrogen-bond donors (Lipinski definition) is 3. The van der Waals surface area contributed by atoms with Crippen LogP contribution < -0.4 is 5.32 Å². The lowest BCUT2D eigenvalue weighted by Gasteiger charge is -2.34. The molecule has 3 rings (SSSR count). The van der Waals surface area contributed by atoms with Gasteiger partial charge in [0, 0.05) is 71.6 Å². The Bertz CT molecular complexity index is 1170. The van der Waals surface area contributed by atoms with Gasteiger partial charge in [-0.05, 0) is 64.6 Å². The maximum Gasteiger partial charge on any atom is 0.306 e. The normalized spacial score (nSPS) is 33.8. The van der Waals surface area contributed by atoms with E-state index in [1.54, 1.807) is 33.1 Å². The van der Waals surface area contributed by atoms with E-state index in [9.17, 15) is 19.8 Å². The number of methoxy groups -OCH3 is 1. The number of allylic oxidation sites excluding steroid dienone is 2. The lowest BCUT2D eigenvalue weighted by molar-refractivity contribution is -0.156. The van der Waals surface area contributed by atoms with Crippen molar-refractivity contribution in [1.29, 1.82) is 0 Å².